The Balaban J connectivity index is 1.90. The Morgan fingerprint density at radius 3 is 2.33 bits per heavy atom. The molecule has 0 radical (unpaired) electrons. The maximum absolute atomic E-state index is 12.6. The third-order valence-corrected chi connectivity index (χ3v) is 5.10. The fourth-order valence-electron chi connectivity index (χ4n) is 3.36. The smallest absolute Gasteiger partial charge is 0.338 e. The third kappa shape index (κ3) is 6.71. The molecule has 0 aliphatic rings. The van der Waals surface area contributed by atoms with E-state index >= 15 is 0 Å². The Morgan fingerprint density at radius 2 is 1.67 bits per heavy atom. The van der Waals surface area contributed by atoms with Crippen LogP contribution in [0.5, 0.6) is 5.75 Å². The molecule has 0 bridgehead atoms. The molecule has 1 aromatic heterocycles. The van der Waals surface area contributed by atoms with Gasteiger partial charge in [0.2, 0.25) is 0 Å². The highest BCUT2D eigenvalue weighted by molar-refractivity contribution is 5.89. The molecule has 2 aromatic rings. The van der Waals surface area contributed by atoms with E-state index in [1.165, 1.54) is 30.4 Å². The molecular formula is C24H34N2O4. The zero-order valence-electron chi connectivity index (χ0n) is 18.7. The summed E-state index contributed by atoms with van der Waals surface area (Å²) in [5.41, 5.74) is 3.43. The molecule has 0 saturated heterocycles. The highest BCUT2D eigenvalue weighted by atomic mass is 16.5. The highest BCUT2D eigenvalue weighted by Gasteiger charge is 2.17. The summed E-state index contributed by atoms with van der Waals surface area (Å²) in [6.45, 7) is 8.33. The number of unbranched alkanes of at least 4 members (excludes halogenated alkanes) is 4. The normalized spacial score (nSPS) is 10.8. The number of hydrogen-bond acceptors (Lipinski definition) is 5. The number of hydrogen-bond donors (Lipinski definition) is 0. The first-order chi connectivity index (χ1) is 14.5. The van der Waals surface area contributed by atoms with Gasteiger partial charge in [-0.2, -0.15) is 5.10 Å². The first kappa shape index (κ1) is 23.6. The molecule has 30 heavy (non-hydrogen) atoms. The number of esters is 1. The number of carbonyl (C=O) groups excluding carboxylic acids is 2. The molecule has 1 heterocycles. The lowest BCUT2D eigenvalue weighted by atomic mass is 10.0. The van der Waals surface area contributed by atoms with E-state index in [4.69, 9.17) is 9.47 Å². The van der Waals surface area contributed by atoms with Crippen molar-refractivity contribution in [2.75, 3.05) is 13.2 Å². The molecule has 0 atom stereocenters. The van der Waals surface area contributed by atoms with Crippen LogP contribution in [0, 0.1) is 13.8 Å². The maximum atomic E-state index is 12.6. The van der Waals surface area contributed by atoms with Gasteiger partial charge in [-0.15, -0.1) is 0 Å². The van der Waals surface area contributed by atoms with Crippen LogP contribution < -0.4 is 4.74 Å². The molecule has 0 N–H and O–H groups in total. The Hall–Kier alpha value is -2.63. The molecule has 1 aromatic carbocycles. The molecule has 2 rings (SSSR count). The van der Waals surface area contributed by atoms with Gasteiger partial charge in [0, 0.05) is 5.69 Å². The molecule has 0 saturated carbocycles. The molecule has 6 heteroatoms. The molecule has 0 spiro atoms. The summed E-state index contributed by atoms with van der Waals surface area (Å²) in [6.07, 6.45) is 7.81. The molecular weight excluding hydrogens is 380 g/mol. The van der Waals surface area contributed by atoms with Crippen LogP contribution >= 0.6 is 0 Å². The van der Waals surface area contributed by atoms with E-state index in [1.807, 2.05) is 20.8 Å². The number of nitrogens with zero attached hydrogens (tertiary/aromatic N) is 2. The number of rotatable bonds is 12. The summed E-state index contributed by atoms with van der Waals surface area (Å²) < 4.78 is 12.2. The van der Waals surface area contributed by atoms with Crippen LogP contribution in [0.1, 0.15) is 84.5 Å². The third-order valence-electron chi connectivity index (χ3n) is 5.10. The second-order valence-corrected chi connectivity index (χ2v) is 7.57. The number of benzene rings is 1. The average molecular weight is 415 g/mol. The first-order valence-electron chi connectivity index (χ1n) is 11.0. The summed E-state index contributed by atoms with van der Waals surface area (Å²) in [5, 5.41) is 4.43. The fraction of sp³-hybridized carbons (Fsp3) is 0.542. The highest BCUT2D eigenvalue weighted by Crippen LogP contribution is 2.18. The van der Waals surface area contributed by atoms with Gasteiger partial charge < -0.3 is 9.47 Å². The van der Waals surface area contributed by atoms with Crippen LogP contribution in [0.4, 0.5) is 0 Å². The van der Waals surface area contributed by atoms with Gasteiger partial charge in [0.05, 0.1) is 17.9 Å². The van der Waals surface area contributed by atoms with E-state index in [9.17, 15) is 9.59 Å². The minimum absolute atomic E-state index is 0.114. The van der Waals surface area contributed by atoms with Crippen LogP contribution in [-0.4, -0.2) is 34.9 Å². The molecule has 0 amide bonds. The van der Waals surface area contributed by atoms with Gasteiger partial charge in [0.15, 0.2) is 6.61 Å². The van der Waals surface area contributed by atoms with Gasteiger partial charge in [0.25, 0.3) is 5.91 Å². The lowest BCUT2D eigenvalue weighted by Crippen LogP contribution is -2.21. The van der Waals surface area contributed by atoms with Gasteiger partial charge in [-0.25, -0.2) is 9.48 Å². The van der Waals surface area contributed by atoms with E-state index in [-0.39, 0.29) is 18.5 Å². The predicted molar refractivity (Wildman–Crippen MR) is 117 cm³/mol. The molecule has 0 aliphatic heterocycles. The van der Waals surface area contributed by atoms with Crippen molar-refractivity contribution >= 4 is 11.9 Å². The molecule has 6 nitrogen and oxygen atoms in total. The van der Waals surface area contributed by atoms with Gasteiger partial charge in [-0.3, -0.25) is 4.79 Å². The summed E-state index contributed by atoms with van der Waals surface area (Å²) in [4.78, 5) is 24.5. The largest absolute Gasteiger partial charge is 0.484 e. The average Bonchev–Trinajstić information content (AvgIpc) is 3.04. The van der Waals surface area contributed by atoms with Crippen molar-refractivity contribution in [3.8, 4) is 5.75 Å². The summed E-state index contributed by atoms with van der Waals surface area (Å²) in [7, 11) is 0. The van der Waals surface area contributed by atoms with Crippen molar-refractivity contribution in [2.24, 2.45) is 0 Å². The van der Waals surface area contributed by atoms with E-state index in [2.05, 4.69) is 12.0 Å². The van der Waals surface area contributed by atoms with Crippen LogP contribution in [0.15, 0.2) is 24.3 Å². The molecule has 164 valence electrons. The lowest BCUT2D eigenvalue weighted by molar-refractivity contribution is 0.0504. The van der Waals surface area contributed by atoms with Gasteiger partial charge in [-0.05, 0) is 62.9 Å². The quantitative estimate of drug-likeness (QED) is 0.348. The lowest BCUT2D eigenvalue weighted by Gasteiger charge is -2.08. The second-order valence-electron chi connectivity index (χ2n) is 7.57. The predicted octanol–water partition coefficient (Wildman–Crippen LogP) is 5.30. The van der Waals surface area contributed by atoms with Gasteiger partial charge >= 0.3 is 5.97 Å². The van der Waals surface area contributed by atoms with Crippen LogP contribution in [0.25, 0.3) is 0 Å². The number of ether oxygens (including phenoxy) is 2. The van der Waals surface area contributed by atoms with Gasteiger partial charge in [0.1, 0.15) is 5.75 Å². The fourth-order valence-corrected chi connectivity index (χ4v) is 3.36. The van der Waals surface area contributed by atoms with Crippen molar-refractivity contribution in [2.45, 2.75) is 72.6 Å². The van der Waals surface area contributed by atoms with Crippen molar-refractivity contribution in [3.63, 3.8) is 0 Å². The number of aryl methyl sites for hydroxylation is 1. The second kappa shape index (κ2) is 12.2. The number of aromatic nitrogens is 2. The molecule has 0 aliphatic carbocycles. The Bertz CT molecular complexity index is 824. The van der Waals surface area contributed by atoms with E-state index in [0.29, 0.717) is 17.9 Å². The van der Waals surface area contributed by atoms with Crippen LogP contribution in [-0.2, 0) is 11.2 Å². The van der Waals surface area contributed by atoms with Crippen molar-refractivity contribution in [1.82, 2.24) is 9.78 Å². The monoisotopic (exact) mass is 414 g/mol. The summed E-state index contributed by atoms with van der Waals surface area (Å²) in [5.74, 6) is -0.0447. The zero-order valence-corrected chi connectivity index (χ0v) is 18.7. The van der Waals surface area contributed by atoms with Crippen LogP contribution in [0.2, 0.25) is 0 Å². The maximum Gasteiger partial charge on any atom is 0.338 e. The Labute approximate surface area is 179 Å². The minimum atomic E-state index is -0.357. The minimum Gasteiger partial charge on any atom is -0.484 e. The van der Waals surface area contributed by atoms with E-state index in [0.717, 1.165) is 36.2 Å². The summed E-state index contributed by atoms with van der Waals surface area (Å²) in [6, 6.07) is 6.60. The Morgan fingerprint density at radius 1 is 0.967 bits per heavy atom. The van der Waals surface area contributed by atoms with E-state index < -0.39 is 0 Å². The summed E-state index contributed by atoms with van der Waals surface area (Å²) >= 11 is 0. The van der Waals surface area contributed by atoms with E-state index in [1.54, 1.807) is 24.3 Å². The van der Waals surface area contributed by atoms with Crippen LogP contribution in [0.3, 0.4) is 0 Å². The first-order valence-corrected chi connectivity index (χ1v) is 11.0. The standard InChI is InChI=1S/C24H34N2O4/c1-5-7-8-9-10-11-22-18(3)25-26(19(22)4)23(27)17-30-21-14-12-20(13-15-21)24(28)29-16-6-2/h12-15H,5-11,16-17H2,1-4H3. The van der Waals surface area contributed by atoms with Crippen molar-refractivity contribution in [1.29, 1.82) is 0 Å². The molecule has 0 fully saturated rings. The topological polar surface area (TPSA) is 70.4 Å². The SMILES string of the molecule is CCCCCCCc1c(C)nn(C(=O)COc2ccc(C(=O)OCCC)cc2)c1C. The number of carbonyl (C=O) groups is 2. The van der Waals surface area contributed by atoms with Gasteiger partial charge in [-0.1, -0.05) is 39.5 Å². The van der Waals surface area contributed by atoms with Crippen molar-refractivity contribution < 1.29 is 19.1 Å². The van der Waals surface area contributed by atoms with Crippen molar-refractivity contribution in [3.05, 3.63) is 46.8 Å². The molecule has 0 unspecified atom stereocenters. The Kier molecular flexibility index (Phi) is 9.58. The zero-order chi connectivity index (χ0) is 21.9.